The summed E-state index contributed by atoms with van der Waals surface area (Å²) in [4.78, 5) is 21.3. The lowest BCUT2D eigenvalue weighted by Crippen LogP contribution is -2.36. The third kappa shape index (κ3) is 4.01. The van der Waals surface area contributed by atoms with E-state index >= 15 is 0 Å². The number of nitrogens with one attached hydrogen (secondary N) is 2. The number of carbonyl (C=O) groups excluding carboxylic acids is 1. The molecule has 0 bridgehead atoms. The number of imidazole rings is 1. The highest BCUT2D eigenvalue weighted by atomic mass is 16.1. The van der Waals surface area contributed by atoms with E-state index in [4.69, 9.17) is 4.98 Å². The first-order valence-electron chi connectivity index (χ1n) is 10.1. The minimum absolute atomic E-state index is 0.118. The maximum Gasteiger partial charge on any atom is 0.221 e. The van der Waals surface area contributed by atoms with Crippen LogP contribution in [-0.4, -0.2) is 32.9 Å². The number of nitrogens with zero attached hydrogens (tertiary/aromatic N) is 3. The van der Waals surface area contributed by atoms with E-state index in [0.29, 0.717) is 19.0 Å². The van der Waals surface area contributed by atoms with Gasteiger partial charge in [0.05, 0.1) is 6.20 Å². The average molecular weight is 377 g/mol. The number of fused-ring (bicyclic) bond motifs is 1. The number of aryl methyl sites for hydroxylation is 1. The number of hydrogen-bond acceptors (Lipinski definition) is 4. The molecule has 0 atom stereocenters. The number of amides is 1. The second kappa shape index (κ2) is 8.42. The van der Waals surface area contributed by atoms with Gasteiger partial charge in [-0.15, -0.1) is 0 Å². The molecule has 6 heteroatoms. The van der Waals surface area contributed by atoms with E-state index in [2.05, 4.69) is 34.7 Å². The van der Waals surface area contributed by atoms with Gasteiger partial charge in [-0.2, -0.15) is 0 Å². The number of benzene rings is 1. The maximum atomic E-state index is 12.3. The molecule has 1 aliphatic rings. The largest absolute Gasteiger partial charge is 0.369 e. The van der Waals surface area contributed by atoms with Crippen molar-refractivity contribution in [3.8, 4) is 11.3 Å². The van der Waals surface area contributed by atoms with Gasteiger partial charge in [-0.1, -0.05) is 43.5 Å². The average Bonchev–Trinajstić information content (AvgIpc) is 3.08. The number of hydrogen-bond donors (Lipinski definition) is 2. The summed E-state index contributed by atoms with van der Waals surface area (Å²) in [7, 11) is 0. The molecule has 1 aliphatic carbocycles. The molecule has 0 radical (unpaired) electrons. The molecule has 28 heavy (non-hydrogen) atoms. The van der Waals surface area contributed by atoms with Crippen LogP contribution in [0.25, 0.3) is 16.9 Å². The Kier molecular flexibility index (Phi) is 5.55. The summed E-state index contributed by atoms with van der Waals surface area (Å²) in [6.07, 6.45) is 11.8. The van der Waals surface area contributed by atoms with Crippen LogP contribution in [-0.2, 0) is 4.79 Å². The fourth-order valence-corrected chi connectivity index (χ4v) is 3.94. The molecule has 4 rings (SSSR count). The van der Waals surface area contributed by atoms with Crippen molar-refractivity contribution in [1.29, 1.82) is 0 Å². The monoisotopic (exact) mass is 377 g/mol. The van der Waals surface area contributed by atoms with E-state index < -0.39 is 0 Å². The van der Waals surface area contributed by atoms with E-state index in [1.165, 1.54) is 19.3 Å². The van der Waals surface area contributed by atoms with Gasteiger partial charge in [0.2, 0.25) is 5.91 Å². The van der Waals surface area contributed by atoms with Gasteiger partial charge in [-0.05, 0) is 25.3 Å². The smallest absolute Gasteiger partial charge is 0.221 e. The van der Waals surface area contributed by atoms with E-state index in [-0.39, 0.29) is 5.91 Å². The summed E-state index contributed by atoms with van der Waals surface area (Å²) < 4.78 is 1.99. The van der Waals surface area contributed by atoms with Crippen LogP contribution in [0, 0.1) is 6.92 Å². The first-order valence-corrected chi connectivity index (χ1v) is 10.1. The molecular formula is C22H27N5O. The molecule has 1 aromatic carbocycles. The Bertz CT molecular complexity index is 958. The predicted octanol–water partition coefficient (Wildman–Crippen LogP) is 3.96. The van der Waals surface area contributed by atoms with E-state index in [9.17, 15) is 4.79 Å². The van der Waals surface area contributed by atoms with Crippen molar-refractivity contribution in [3.63, 3.8) is 0 Å². The molecule has 2 N–H and O–H groups in total. The predicted molar refractivity (Wildman–Crippen MR) is 111 cm³/mol. The van der Waals surface area contributed by atoms with Crippen molar-refractivity contribution >= 4 is 17.4 Å². The van der Waals surface area contributed by atoms with Crippen molar-refractivity contribution in [3.05, 3.63) is 48.4 Å². The van der Waals surface area contributed by atoms with Crippen molar-refractivity contribution in [1.82, 2.24) is 19.7 Å². The number of aromatic nitrogens is 3. The highest BCUT2D eigenvalue weighted by Crippen LogP contribution is 2.30. The second-order valence-corrected chi connectivity index (χ2v) is 7.51. The lowest BCUT2D eigenvalue weighted by atomic mass is 9.95. The Balaban J connectivity index is 1.49. The van der Waals surface area contributed by atoms with E-state index in [0.717, 1.165) is 41.1 Å². The molecule has 1 saturated carbocycles. The van der Waals surface area contributed by atoms with Crippen LogP contribution in [0.1, 0.15) is 44.1 Å². The Morgan fingerprint density at radius 3 is 2.86 bits per heavy atom. The normalized spacial score (nSPS) is 14.9. The van der Waals surface area contributed by atoms with Crippen molar-refractivity contribution in [2.75, 3.05) is 11.9 Å². The zero-order valence-electron chi connectivity index (χ0n) is 16.3. The van der Waals surface area contributed by atoms with Gasteiger partial charge in [0.25, 0.3) is 0 Å². The minimum Gasteiger partial charge on any atom is -0.369 e. The second-order valence-electron chi connectivity index (χ2n) is 7.51. The molecular weight excluding hydrogens is 350 g/mol. The third-order valence-electron chi connectivity index (χ3n) is 5.45. The van der Waals surface area contributed by atoms with Gasteiger partial charge in [0.15, 0.2) is 5.65 Å². The van der Waals surface area contributed by atoms with Gasteiger partial charge in [0.1, 0.15) is 11.5 Å². The molecule has 3 aromatic rings. The summed E-state index contributed by atoms with van der Waals surface area (Å²) in [5.41, 5.74) is 3.92. The molecule has 1 fully saturated rings. The SMILES string of the molecule is Cc1ccccc1-c1nc2cnccn2c1NCCC(=O)NC1CCCCC1. The summed E-state index contributed by atoms with van der Waals surface area (Å²) >= 11 is 0. The minimum atomic E-state index is 0.118. The summed E-state index contributed by atoms with van der Waals surface area (Å²) in [6, 6.07) is 8.56. The standard InChI is InChI=1S/C22H27N5O/c1-16-7-5-6-10-18(16)21-22(27-14-13-23-15-19(27)26-21)24-12-11-20(28)25-17-8-3-2-4-9-17/h5-7,10,13-15,17,24H,2-4,8-9,11-12H2,1H3,(H,25,28). The molecule has 146 valence electrons. The molecule has 1 amide bonds. The van der Waals surface area contributed by atoms with Gasteiger partial charge in [0, 0.05) is 37.0 Å². The fraction of sp³-hybridized carbons (Fsp3) is 0.409. The van der Waals surface area contributed by atoms with E-state index in [1.54, 1.807) is 12.4 Å². The molecule has 0 unspecified atom stereocenters. The molecule has 2 heterocycles. The van der Waals surface area contributed by atoms with Crippen LogP contribution in [0.15, 0.2) is 42.9 Å². The summed E-state index contributed by atoms with van der Waals surface area (Å²) in [5.74, 6) is 1.02. The summed E-state index contributed by atoms with van der Waals surface area (Å²) in [6.45, 7) is 2.65. The number of anilines is 1. The molecule has 6 nitrogen and oxygen atoms in total. The Morgan fingerprint density at radius 2 is 2.04 bits per heavy atom. The highest BCUT2D eigenvalue weighted by molar-refractivity contribution is 5.79. The third-order valence-corrected chi connectivity index (χ3v) is 5.45. The zero-order valence-corrected chi connectivity index (χ0v) is 16.3. The van der Waals surface area contributed by atoms with Crippen LogP contribution in [0.4, 0.5) is 5.82 Å². The van der Waals surface area contributed by atoms with Crippen molar-refractivity contribution in [2.24, 2.45) is 0 Å². The summed E-state index contributed by atoms with van der Waals surface area (Å²) in [5, 5.41) is 6.62. The quantitative estimate of drug-likeness (QED) is 0.682. The lowest BCUT2D eigenvalue weighted by Gasteiger charge is -2.22. The number of rotatable bonds is 6. The first kappa shape index (κ1) is 18.5. The van der Waals surface area contributed by atoms with E-state index in [1.807, 2.05) is 22.7 Å². The Morgan fingerprint density at radius 1 is 1.21 bits per heavy atom. The highest BCUT2D eigenvalue weighted by Gasteiger charge is 2.17. The van der Waals surface area contributed by atoms with Crippen molar-refractivity contribution < 1.29 is 4.79 Å². The van der Waals surface area contributed by atoms with Crippen LogP contribution < -0.4 is 10.6 Å². The zero-order chi connectivity index (χ0) is 19.3. The fourth-order valence-electron chi connectivity index (χ4n) is 3.94. The van der Waals surface area contributed by atoms with Crippen LogP contribution in [0.5, 0.6) is 0 Å². The molecule has 0 spiro atoms. The first-order chi connectivity index (χ1) is 13.7. The van der Waals surface area contributed by atoms with Crippen LogP contribution in [0.3, 0.4) is 0 Å². The molecule has 0 aliphatic heterocycles. The van der Waals surface area contributed by atoms with Gasteiger partial charge >= 0.3 is 0 Å². The lowest BCUT2D eigenvalue weighted by molar-refractivity contribution is -0.121. The Hall–Kier alpha value is -2.89. The van der Waals surface area contributed by atoms with Crippen LogP contribution >= 0.6 is 0 Å². The number of carbonyl (C=O) groups is 1. The molecule has 2 aromatic heterocycles. The Labute approximate surface area is 165 Å². The van der Waals surface area contributed by atoms with Crippen LogP contribution in [0.2, 0.25) is 0 Å². The van der Waals surface area contributed by atoms with Gasteiger partial charge < -0.3 is 10.6 Å². The van der Waals surface area contributed by atoms with Gasteiger partial charge in [-0.3, -0.25) is 14.2 Å². The topological polar surface area (TPSA) is 71.3 Å². The van der Waals surface area contributed by atoms with Crippen molar-refractivity contribution in [2.45, 2.75) is 51.5 Å². The maximum absolute atomic E-state index is 12.3. The van der Waals surface area contributed by atoms with Gasteiger partial charge in [-0.25, -0.2) is 4.98 Å². The molecule has 0 saturated heterocycles.